The summed E-state index contributed by atoms with van der Waals surface area (Å²) >= 11 is 0. The van der Waals surface area contributed by atoms with E-state index in [4.69, 9.17) is 5.73 Å². The van der Waals surface area contributed by atoms with Gasteiger partial charge < -0.3 is 5.73 Å². The fourth-order valence-corrected chi connectivity index (χ4v) is 2.65. The van der Waals surface area contributed by atoms with Gasteiger partial charge in [-0.15, -0.1) is 0 Å². The molecule has 90 valence electrons. The summed E-state index contributed by atoms with van der Waals surface area (Å²) in [7, 11) is 0. The predicted molar refractivity (Wildman–Crippen MR) is 64.2 cm³/mol. The standard InChI is InChI=1S/C12H22N4/c1-9-14-10(2)16(15-9)12-8-6-4-3-5-7-11(12)13/h11-12H,3-8,13H2,1-2H3. The zero-order valence-corrected chi connectivity index (χ0v) is 10.3. The van der Waals surface area contributed by atoms with Gasteiger partial charge >= 0.3 is 0 Å². The predicted octanol–water partition coefficient (Wildman–Crippen LogP) is 2.12. The molecule has 0 amide bonds. The molecule has 1 heterocycles. The monoisotopic (exact) mass is 222 g/mol. The third-order valence-electron chi connectivity index (χ3n) is 3.50. The number of rotatable bonds is 1. The van der Waals surface area contributed by atoms with E-state index in [0.29, 0.717) is 6.04 Å². The first-order chi connectivity index (χ1) is 7.68. The molecular weight excluding hydrogens is 200 g/mol. The first-order valence-corrected chi connectivity index (χ1v) is 6.34. The van der Waals surface area contributed by atoms with Gasteiger partial charge in [-0.1, -0.05) is 25.7 Å². The number of nitrogens with two attached hydrogens (primary N) is 1. The van der Waals surface area contributed by atoms with Gasteiger partial charge in [-0.05, 0) is 26.7 Å². The topological polar surface area (TPSA) is 56.7 Å². The molecule has 0 saturated heterocycles. The van der Waals surface area contributed by atoms with Gasteiger partial charge in [-0.25, -0.2) is 9.67 Å². The lowest BCUT2D eigenvalue weighted by Crippen LogP contribution is -2.34. The molecule has 1 aliphatic rings. The van der Waals surface area contributed by atoms with E-state index >= 15 is 0 Å². The van der Waals surface area contributed by atoms with Crippen molar-refractivity contribution in [1.29, 1.82) is 0 Å². The summed E-state index contributed by atoms with van der Waals surface area (Å²) in [5.41, 5.74) is 6.27. The molecule has 0 radical (unpaired) electrons. The van der Waals surface area contributed by atoms with E-state index in [0.717, 1.165) is 24.5 Å². The van der Waals surface area contributed by atoms with Crippen LogP contribution in [0.15, 0.2) is 0 Å². The Labute approximate surface area is 97.2 Å². The maximum Gasteiger partial charge on any atom is 0.147 e. The average Bonchev–Trinajstić information content (AvgIpc) is 2.52. The molecular formula is C12H22N4. The number of aryl methyl sites for hydroxylation is 2. The fraction of sp³-hybridized carbons (Fsp3) is 0.833. The Hall–Kier alpha value is -0.900. The minimum absolute atomic E-state index is 0.236. The molecule has 1 saturated carbocycles. The van der Waals surface area contributed by atoms with E-state index in [1.165, 1.54) is 25.7 Å². The van der Waals surface area contributed by atoms with Crippen molar-refractivity contribution in [3.8, 4) is 0 Å². The quantitative estimate of drug-likeness (QED) is 0.791. The largest absolute Gasteiger partial charge is 0.326 e. The summed E-state index contributed by atoms with van der Waals surface area (Å²) in [5.74, 6) is 1.85. The lowest BCUT2D eigenvalue weighted by atomic mass is 9.93. The summed E-state index contributed by atoms with van der Waals surface area (Å²) < 4.78 is 2.05. The Balaban J connectivity index is 2.18. The van der Waals surface area contributed by atoms with Crippen LogP contribution in [0.3, 0.4) is 0 Å². The Bertz CT molecular complexity index is 345. The molecule has 4 nitrogen and oxygen atoms in total. The van der Waals surface area contributed by atoms with Crippen LogP contribution in [0, 0.1) is 13.8 Å². The second-order valence-corrected chi connectivity index (χ2v) is 4.87. The molecule has 2 unspecified atom stereocenters. The summed E-state index contributed by atoms with van der Waals surface area (Å²) in [6, 6.07) is 0.585. The normalized spacial score (nSPS) is 27.4. The van der Waals surface area contributed by atoms with Gasteiger partial charge in [-0.2, -0.15) is 5.10 Å². The van der Waals surface area contributed by atoms with Gasteiger partial charge in [0.1, 0.15) is 11.6 Å². The molecule has 0 spiro atoms. The molecule has 1 fully saturated rings. The lowest BCUT2D eigenvalue weighted by Gasteiger charge is -2.27. The van der Waals surface area contributed by atoms with Crippen LogP contribution in [-0.4, -0.2) is 20.8 Å². The van der Waals surface area contributed by atoms with E-state index < -0.39 is 0 Å². The molecule has 4 heteroatoms. The Morgan fingerprint density at radius 3 is 2.44 bits per heavy atom. The van der Waals surface area contributed by atoms with E-state index in [-0.39, 0.29) is 6.04 Å². The summed E-state index contributed by atoms with van der Waals surface area (Å²) in [6.45, 7) is 3.96. The van der Waals surface area contributed by atoms with Crippen LogP contribution in [-0.2, 0) is 0 Å². The highest BCUT2D eigenvalue weighted by atomic mass is 15.4. The number of hydrogen-bond donors (Lipinski definition) is 1. The summed E-state index contributed by atoms with van der Waals surface area (Å²) in [4.78, 5) is 4.37. The molecule has 0 aliphatic heterocycles. The minimum Gasteiger partial charge on any atom is -0.326 e. The van der Waals surface area contributed by atoms with Crippen molar-refractivity contribution in [1.82, 2.24) is 14.8 Å². The number of aromatic nitrogens is 3. The van der Waals surface area contributed by atoms with Crippen LogP contribution < -0.4 is 5.73 Å². The van der Waals surface area contributed by atoms with Crippen LogP contribution in [0.25, 0.3) is 0 Å². The van der Waals surface area contributed by atoms with Gasteiger partial charge in [0, 0.05) is 6.04 Å². The van der Waals surface area contributed by atoms with Crippen LogP contribution in [0.1, 0.15) is 56.2 Å². The Morgan fingerprint density at radius 1 is 1.12 bits per heavy atom. The van der Waals surface area contributed by atoms with Crippen molar-refractivity contribution in [2.45, 2.75) is 64.5 Å². The van der Waals surface area contributed by atoms with Crippen molar-refractivity contribution in [3.63, 3.8) is 0 Å². The summed E-state index contributed by atoms with van der Waals surface area (Å²) in [6.07, 6.45) is 7.43. The van der Waals surface area contributed by atoms with Gasteiger partial charge in [0.25, 0.3) is 0 Å². The molecule has 16 heavy (non-hydrogen) atoms. The molecule has 1 aliphatic carbocycles. The maximum absolute atomic E-state index is 6.27. The molecule has 0 bridgehead atoms. The number of nitrogens with zero attached hydrogens (tertiary/aromatic N) is 3. The first-order valence-electron chi connectivity index (χ1n) is 6.34. The van der Waals surface area contributed by atoms with Crippen molar-refractivity contribution in [2.24, 2.45) is 5.73 Å². The van der Waals surface area contributed by atoms with Crippen LogP contribution in [0.5, 0.6) is 0 Å². The lowest BCUT2D eigenvalue weighted by molar-refractivity contribution is 0.301. The molecule has 1 aromatic heterocycles. The number of hydrogen-bond acceptors (Lipinski definition) is 3. The highest BCUT2D eigenvalue weighted by Gasteiger charge is 2.23. The minimum atomic E-state index is 0.236. The Morgan fingerprint density at radius 2 is 1.81 bits per heavy atom. The Kier molecular flexibility index (Phi) is 3.59. The van der Waals surface area contributed by atoms with Gasteiger partial charge in [0.15, 0.2) is 0 Å². The zero-order chi connectivity index (χ0) is 11.5. The van der Waals surface area contributed by atoms with Crippen LogP contribution >= 0.6 is 0 Å². The van der Waals surface area contributed by atoms with Gasteiger partial charge in [-0.3, -0.25) is 0 Å². The van der Waals surface area contributed by atoms with E-state index in [1.54, 1.807) is 0 Å². The molecule has 0 aromatic carbocycles. The highest BCUT2D eigenvalue weighted by Crippen LogP contribution is 2.25. The fourth-order valence-electron chi connectivity index (χ4n) is 2.65. The molecule has 2 atom stereocenters. The van der Waals surface area contributed by atoms with Gasteiger partial charge in [0.05, 0.1) is 6.04 Å². The maximum atomic E-state index is 6.27. The average molecular weight is 222 g/mol. The van der Waals surface area contributed by atoms with E-state index in [9.17, 15) is 0 Å². The van der Waals surface area contributed by atoms with E-state index in [2.05, 4.69) is 10.1 Å². The zero-order valence-electron chi connectivity index (χ0n) is 10.3. The third kappa shape index (κ3) is 2.43. The molecule has 2 N–H and O–H groups in total. The first kappa shape index (κ1) is 11.6. The molecule has 1 aromatic rings. The van der Waals surface area contributed by atoms with Crippen molar-refractivity contribution in [3.05, 3.63) is 11.6 Å². The SMILES string of the molecule is Cc1nc(C)n(C2CCCCCCC2N)n1. The van der Waals surface area contributed by atoms with Crippen LogP contribution in [0.4, 0.5) is 0 Å². The second-order valence-electron chi connectivity index (χ2n) is 4.87. The second kappa shape index (κ2) is 4.95. The van der Waals surface area contributed by atoms with Crippen molar-refractivity contribution in [2.75, 3.05) is 0 Å². The van der Waals surface area contributed by atoms with Gasteiger partial charge in [0.2, 0.25) is 0 Å². The molecule has 2 rings (SSSR count). The van der Waals surface area contributed by atoms with E-state index in [1.807, 2.05) is 18.5 Å². The third-order valence-corrected chi connectivity index (χ3v) is 3.50. The van der Waals surface area contributed by atoms with Crippen molar-refractivity contribution < 1.29 is 0 Å². The summed E-state index contributed by atoms with van der Waals surface area (Å²) in [5, 5.41) is 4.48. The van der Waals surface area contributed by atoms with Crippen molar-refractivity contribution >= 4 is 0 Å². The van der Waals surface area contributed by atoms with Crippen LogP contribution in [0.2, 0.25) is 0 Å². The smallest absolute Gasteiger partial charge is 0.147 e. The highest BCUT2D eigenvalue weighted by molar-refractivity contribution is 4.93.